The molecule has 0 spiro atoms. The first kappa shape index (κ1) is 16.2. The van der Waals surface area contributed by atoms with E-state index in [0.29, 0.717) is 18.6 Å². The fourth-order valence-electron chi connectivity index (χ4n) is 1.38. The van der Waals surface area contributed by atoms with Crippen molar-refractivity contribution in [1.29, 1.82) is 0 Å². The van der Waals surface area contributed by atoms with Gasteiger partial charge in [0.1, 0.15) is 0 Å². The van der Waals surface area contributed by atoms with Crippen LogP contribution in [0.3, 0.4) is 0 Å². The minimum Gasteiger partial charge on any atom is -0.381 e. The Kier molecular flexibility index (Phi) is 6.90. The van der Waals surface area contributed by atoms with Gasteiger partial charge in [0.25, 0.3) is 0 Å². The second-order valence-electron chi connectivity index (χ2n) is 5.55. The highest BCUT2D eigenvalue weighted by atomic mass is 35.7. The van der Waals surface area contributed by atoms with Crippen LogP contribution in [0.2, 0.25) is 0 Å². The normalized spacial score (nSPS) is 15.1. The topological polar surface area (TPSA) is 43.4 Å². The molecule has 1 unspecified atom stereocenters. The van der Waals surface area contributed by atoms with Crippen LogP contribution in [-0.4, -0.2) is 27.4 Å². The standard InChI is InChI=1S/C11H23ClO3S/c1-10(9-16(12,13)14)8-15-7-5-6-11(2,3)4/h10H,5-9H2,1-4H3. The maximum atomic E-state index is 10.8. The van der Waals surface area contributed by atoms with Gasteiger partial charge in [-0.2, -0.15) is 0 Å². The minimum absolute atomic E-state index is 0.0200. The van der Waals surface area contributed by atoms with Gasteiger partial charge in [-0.25, -0.2) is 8.42 Å². The zero-order valence-electron chi connectivity index (χ0n) is 10.6. The number of hydrogen-bond acceptors (Lipinski definition) is 3. The molecule has 0 aromatic heterocycles. The zero-order chi connectivity index (χ0) is 12.8. The summed E-state index contributed by atoms with van der Waals surface area (Å²) in [6.07, 6.45) is 2.11. The molecule has 1 atom stereocenters. The Hall–Kier alpha value is 0.200. The number of ether oxygens (including phenoxy) is 1. The lowest BCUT2D eigenvalue weighted by molar-refractivity contribution is 0.101. The average molecular weight is 271 g/mol. The van der Waals surface area contributed by atoms with Crippen molar-refractivity contribution in [3.05, 3.63) is 0 Å². The lowest BCUT2D eigenvalue weighted by atomic mass is 9.91. The van der Waals surface area contributed by atoms with E-state index in [4.69, 9.17) is 15.4 Å². The molecule has 0 radical (unpaired) electrons. The zero-order valence-corrected chi connectivity index (χ0v) is 12.2. The Morgan fingerprint density at radius 3 is 2.31 bits per heavy atom. The van der Waals surface area contributed by atoms with E-state index in [9.17, 15) is 8.42 Å². The van der Waals surface area contributed by atoms with Crippen molar-refractivity contribution in [3.63, 3.8) is 0 Å². The third kappa shape index (κ3) is 12.3. The summed E-state index contributed by atoms with van der Waals surface area (Å²) in [4.78, 5) is 0. The van der Waals surface area contributed by atoms with Crippen LogP contribution in [-0.2, 0) is 13.8 Å². The number of hydrogen-bond donors (Lipinski definition) is 0. The SMILES string of the molecule is CC(COCCCC(C)(C)C)CS(=O)(=O)Cl. The van der Waals surface area contributed by atoms with Gasteiger partial charge in [0, 0.05) is 17.3 Å². The van der Waals surface area contributed by atoms with E-state index in [-0.39, 0.29) is 11.7 Å². The van der Waals surface area contributed by atoms with E-state index in [1.165, 1.54) is 0 Å². The molecule has 0 bridgehead atoms. The Labute approximate surface area is 104 Å². The third-order valence-electron chi connectivity index (χ3n) is 2.10. The minimum atomic E-state index is -3.40. The molecule has 0 fully saturated rings. The van der Waals surface area contributed by atoms with Crippen molar-refractivity contribution in [2.24, 2.45) is 11.3 Å². The summed E-state index contributed by atoms with van der Waals surface area (Å²) in [5.41, 5.74) is 0.328. The predicted octanol–water partition coefficient (Wildman–Crippen LogP) is 3.03. The van der Waals surface area contributed by atoms with Crippen molar-refractivity contribution >= 4 is 19.7 Å². The third-order valence-corrected chi connectivity index (χ3v) is 3.45. The lowest BCUT2D eigenvalue weighted by Crippen LogP contribution is -2.15. The maximum Gasteiger partial charge on any atom is 0.232 e. The first-order valence-corrected chi connectivity index (χ1v) is 8.08. The van der Waals surface area contributed by atoms with Crippen LogP contribution in [0, 0.1) is 11.3 Å². The van der Waals surface area contributed by atoms with Gasteiger partial charge in [-0.3, -0.25) is 0 Å². The lowest BCUT2D eigenvalue weighted by Gasteiger charge is -2.18. The Morgan fingerprint density at radius 1 is 1.31 bits per heavy atom. The highest BCUT2D eigenvalue weighted by Gasteiger charge is 2.13. The van der Waals surface area contributed by atoms with E-state index < -0.39 is 9.05 Å². The highest BCUT2D eigenvalue weighted by Crippen LogP contribution is 2.20. The molecule has 0 aliphatic heterocycles. The molecule has 0 aliphatic carbocycles. The van der Waals surface area contributed by atoms with E-state index in [1.807, 2.05) is 6.92 Å². The van der Waals surface area contributed by atoms with Crippen molar-refractivity contribution in [2.45, 2.75) is 40.5 Å². The van der Waals surface area contributed by atoms with Gasteiger partial charge in [-0.1, -0.05) is 27.7 Å². The summed E-state index contributed by atoms with van der Waals surface area (Å²) in [6, 6.07) is 0. The Bertz CT molecular complexity index is 280. The summed E-state index contributed by atoms with van der Waals surface area (Å²) in [5, 5.41) is 0. The Morgan fingerprint density at radius 2 is 1.88 bits per heavy atom. The second-order valence-corrected chi connectivity index (χ2v) is 8.37. The van der Waals surface area contributed by atoms with E-state index in [0.717, 1.165) is 12.8 Å². The molecule has 0 saturated carbocycles. The summed E-state index contributed by atoms with van der Waals surface area (Å²) in [5.74, 6) is -0.0643. The molecule has 5 heteroatoms. The van der Waals surface area contributed by atoms with E-state index >= 15 is 0 Å². The van der Waals surface area contributed by atoms with Crippen LogP contribution >= 0.6 is 10.7 Å². The van der Waals surface area contributed by atoms with Crippen molar-refractivity contribution in [2.75, 3.05) is 19.0 Å². The van der Waals surface area contributed by atoms with Gasteiger partial charge in [0.2, 0.25) is 9.05 Å². The molecule has 16 heavy (non-hydrogen) atoms. The molecule has 0 heterocycles. The maximum absolute atomic E-state index is 10.8. The van der Waals surface area contributed by atoms with Crippen LogP contribution in [0.1, 0.15) is 40.5 Å². The molecule has 0 aromatic rings. The summed E-state index contributed by atoms with van der Waals surface area (Å²) < 4.78 is 27.0. The summed E-state index contributed by atoms with van der Waals surface area (Å²) >= 11 is 0. The monoisotopic (exact) mass is 270 g/mol. The molecule has 0 N–H and O–H groups in total. The van der Waals surface area contributed by atoms with Crippen LogP contribution in [0.15, 0.2) is 0 Å². The molecule has 98 valence electrons. The first-order chi connectivity index (χ1) is 7.10. The summed E-state index contributed by atoms with van der Waals surface area (Å²) in [6.45, 7) is 9.53. The van der Waals surface area contributed by atoms with Crippen LogP contribution in [0.5, 0.6) is 0 Å². The fraction of sp³-hybridized carbons (Fsp3) is 1.00. The molecule has 0 aliphatic rings. The van der Waals surface area contributed by atoms with Gasteiger partial charge in [-0.05, 0) is 24.2 Å². The molecule has 0 rings (SSSR count). The average Bonchev–Trinajstić information content (AvgIpc) is 1.97. The van der Waals surface area contributed by atoms with E-state index in [1.54, 1.807) is 0 Å². The Balaban J connectivity index is 3.53. The first-order valence-electron chi connectivity index (χ1n) is 5.60. The smallest absolute Gasteiger partial charge is 0.232 e. The van der Waals surface area contributed by atoms with Crippen molar-refractivity contribution < 1.29 is 13.2 Å². The molecular weight excluding hydrogens is 248 g/mol. The van der Waals surface area contributed by atoms with Crippen LogP contribution < -0.4 is 0 Å². The van der Waals surface area contributed by atoms with Crippen LogP contribution in [0.4, 0.5) is 0 Å². The largest absolute Gasteiger partial charge is 0.381 e. The van der Waals surface area contributed by atoms with Gasteiger partial charge in [0.05, 0.1) is 12.4 Å². The van der Waals surface area contributed by atoms with Gasteiger partial charge >= 0.3 is 0 Å². The fourth-order valence-corrected chi connectivity index (χ4v) is 2.80. The highest BCUT2D eigenvalue weighted by molar-refractivity contribution is 8.13. The quantitative estimate of drug-likeness (QED) is 0.528. The molecule has 0 aromatic carbocycles. The second kappa shape index (κ2) is 6.82. The van der Waals surface area contributed by atoms with Crippen LogP contribution in [0.25, 0.3) is 0 Å². The summed E-state index contributed by atoms with van der Waals surface area (Å²) in [7, 11) is 1.75. The van der Waals surface area contributed by atoms with Gasteiger partial charge < -0.3 is 4.74 Å². The number of rotatable bonds is 7. The number of halogens is 1. The van der Waals surface area contributed by atoms with E-state index in [2.05, 4.69) is 20.8 Å². The van der Waals surface area contributed by atoms with Gasteiger partial charge in [-0.15, -0.1) is 0 Å². The molecule has 3 nitrogen and oxygen atoms in total. The predicted molar refractivity (Wildman–Crippen MR) is 68.3 cm³/mol. The molecule has 0 saturated heterocycles. The van der Waals surface area contributed by atoms with Crippen molar-refractivity contribution in [3.8, 4) is 0 Å². The molecule has 0 amide bonds. The van der Waals surface area contributed by atoms with Crippen molar-refractivity contribution in [1.82, 2.24) is 0 Å². The van der Waals surface area contributed by atoms with Gasteiger partial charge in [0.15, 0.2) is 0 Å². The molecular formula is C11H23ClO3S.